The molecule has 1 aromatic carbocycles. The van der Waals surface area contributed by atoms with Gasteiger partial charge in [0.15, 0.2) is 0 Å². The Labute approximate surface area is 114 Å². The number of nitrogens with two attached hydrogens (primary N) is 1. The van der Waals surface area contributed by atoms with Crippen LogP contribution in [-0.2, 0) is 0 Å². The molecule has 0 fully saturated rings. The third-order valence-electron chi connectivity index (χ3n) is 3.51. The van der Waals surface area contributed by atoms with Crippen molar-refractivity contribution in [3.8, 4) is 0 Å². The van der Waals surface area contributed by atoms with Crippen LogP contribution in [0.4, 0.5) is 5.69 Å². The summed E-state index contributed by atoms with van der Waals surface area (Å²) in [5, 5.41) is 3.30. The van der Waals surface area contributed by atoms with Gasteiger partial charge in [-0.25, -0.2) is 0 Å². The van der Waals surface area contributed by atoms with E-state index < -0.39 is 0 Å². The Kier molecular flexibility index (Phi) is 4.63. The highest BCUT2D eigenvalue weighted by Crippen LogP contribution is 2.25. The van der Waals surface area contributed by atoms with E-state index in [1.54, 1.807) is 18.2 Å². The van der Waals surface area contributed by atoms with Crippen molar-refractivity contribution in [3.05, 3.63) is 28.8 Å². The minimum Gasteiger partial charge on any atom is -0.399 e. The van der Waals surface area contributed by atoms with E-state index in [0.717, 1.165) is 0 Å². The first-order valence-corrected chi connectivity index (χ1v) is 6.45. The van der Waals surface area contributed by atoms with Crippen molar-refractivity contribution in [3.63, 3.8) is 0 Å². The monoisotopic (exact) mass is 268 g/mol. The first kappa shape index (κ1) is 14.8. The summed E-state index contributed by atoms with van der Waals surface area (Å²) in [4.78, 5) is 12.0. The predicted octanol–water partition coefficient (Wildman–Crippen LogP) is 3.33. The fourth-order valence-electron chi connectivity index (χ4n) is 1.32. The minimum atomic E-state index is -0.159. The first-order valence-electron chi connectivity index (χ1n) is 6.07. The normalized spacial score (nSPS) is 11.7. The maximum atomic E-state index is 12.0. The molecule has 18 heavy (non-hydrogen) atoms. The molecule has 1 amide bonds. The van der Waals surface area contributed by atoms with E-state index in [9.17, 15) is 4.79 Å². The van der Waals surface area contributed by atoms with E-state index >= 15 is 0 Å². The van der Waals surface area contributed by atoms with Gasteiger partial charge in [0.2, 0.25) is 0 Å². The lowest BCUT2D eigenvalue weighted by atomic mass is 9.81. The van der Waals surface area contributed by atoms with Crippen molar-refractivity contribution < 1.29 is 4.79 Å². The van der Waals surface area contributed by atoms with Crippen LogP contribution in [0.2, 0.25) is 5.02 Å². The molecule has 3 N–H and O–H groups in total. The number of carbonyl (C=O) groups excluding carboxylic acids is 1. The van der Waals surface area contributed by atoms with Gasteiger partial charge in [-0.3, -0.25) is 4.79 Å². The Morgan fingerprint density at radius 2 is 2.06 bits per heavy atom. The molecule has 100 valence electrons. The van der Waals surface area contributed by atoms with E-state index in [4.69, 9.17) is 17.3 Å². The third-order valence-corrected chi connectivity index (χ3v) is 3.82. The lowest BCUT2D eigenvalue weighted by molar-refractivity contribution is 0.0925. The summed E-state index contributed by atoms with van der Waals surface area (Å²) in [6.07, 6.45) is 0. The maximum absolute atomic E-state index is 12.0. The number of benzene rings is 1. The Morgan fingerprint density at radius 3 is 2.56 bits per heavy atom. The zero-order valence-electron chi connectivity index (χ0n) is 11.4. The van der Waals surface area contributed by atoms with Gasteiger partial charge >= 0.3 is 0 Å². The van der Waals surface area contributed by atoms with Crippen LogP contribution >= 0.6 is 11.6 Å². The second-order valence-corrected chi connectivity index (χ2v) is 5.97. The SMILES string of the molecule is CC(C)C(C)(C)CNC(=O)c1ccc(N)cc1Cl. The van der Waals surface area contributed by atoms with Crippen LogP contribution < -0.4 is 11.1 Å². The quantitative estimate of drug-likeness (QED) is 0.823. The molecule has 0 saturated carbocycles. The molecule has 0 aliphatic carbocycles. The number of hydrogen-bond acceptors (Lipinski definition) is 2. The molecule has 4 heteroatoms. The molecule has 0 aromatic heterocycles. The maximum Gasteiger partial charge on any atom is 0.252 e. The van der Waals surface area contributed by atoms with Gasteiger partial charge in [0.05, 0.1) is 10.6 Å². The molecule has 0 atom stereocenters. The van der Waals surface area contributed by atoms with Crippen LogP contribution in [0.5, 0.6) is 0 Å². The molecule has 0 saturated heterocycles. The van der Waals surface area contributed by atoms with Gasteiger partial charge in [0.25, 0.3) is 5.91 Å². The first-order chi connectivity index (χ1) is 8.24. The zero-order chi connectivity index (χ0) is 13.9. The molecule has 0 aliphatic rings. The van der Waals surface area contributed by atoms with Crippen molar-refractivity contribution in [1.29, 1.82) is 0 Å². The fourth-order valence-corrected chi connectivity index (χ4v) is 1.60. The molecule has 0 radical (unpaired) electrons. The molecule has 0 aliphatic heterocycles. The van der Waals surface area contributed by atoms with Crippen molar-refractivity contribution >= 4 is 23.2 Å². The number of hydrogen-bond donors (Lipinski definition) is 2. The molecule has 3 nitrogen and oxygen atoms in total. The summed E-state index contributed by atoms with van der Waals surface area (Å²) < 4.78 is 0. The van der Waals surface area contributed by atoms with Gasteiger partial charge in [-0.05, 0) is 29.5 Å². The summed E-state index contributed by atoms with van der Waals surface area (Å²) in [7, 11) is 0. The van der Waals surface area contributed by atoms with Crippen molar-refractivity contribution in [2.24, 2.45) is 11.3 Å². The van der Waals surface area contributed by atoms with Crippen LogP contribution in [0.1, 0.15) is 38.1 Å². The lowest BCUT2D eigenvalue weighted by Crippen LogP contribution is -2.37. The molecule has 0 heterocycles. The molecular formula is C14H21ClN2O. The second-order valence-electron chi connectivity index (χ2n) is 5.57. The molecule has 0 unspecified atom stereocenters. The summed E-state index contributed by atoms with van der Waals surface area (Å²) >= 11 is 6.00. The van der Waals surface area contributed by atoms with Gasteiger partial charge in [0, 0.05) is 12.2 Å². The molecule has 0 spiro atoms. The number of amides is 1. The standard InChI is InChI=1S/C14H21ClN2O/c1-9(2)14(3,4)8-17-13(18)11-6-5-10(16)7-12(11)15/h5-7,9H,8,16H2,1-4H3,(H,17,18). The number of halogens is 1. The van der Waals surface area contributed by atoms with Gasteiger partial charge in [-0.1, -0.05) is 39.3 Å². The second kappa shape index (κ2) is 5.61. The van der Waals surface area contributed by atoms with E-state index in [1.807, 2.05) is 0 Å². The Hall–Kier alpha value is -1.22. The number of nitrogen functional groups attached to an aromatic ring is 1. The molecule has 1 rings (SSSR count). The molecule has 1 aromatic rings. The zero-order valence-corrected chi connectivity index (χ0v) is 12.1. The Morgan fingerprint density at radius 1 is 1.44 bits per heavy atom. The predicted molar refractivity (Wildman–Crippen MR) is 76.8 cm³/mol. The lowest BCUT2D eigenvalue weighted by Gasteiger charge is -2.29. The van der Waals surface area contributed by atoms with Crippen LogP contribution in [0.3, 0.4) is 0 Å². The Balaban J connectivity index is 2.72. The summed E-state index contributed by atoms with van der Waals surface area (Å²) in [5.41, 5.74) is 6.66. The molecule has 0 bridgehead atoms. The largest absolute Gasteiger partial charge is 0.399 e. The van der Waals surface area contributed by atoms with Gasteiger partial charge in [-0.15, -0.1) is 0 Å². The summed E-state index contributed by atoms with van der Waals surface area (Å²) in [6, 6.07) is 4.91. The summed E-state index contributed by atoms with van der Waals surface area (Å²) in [6.45, 7) is 9.15. The van der Waals surface area contributed by atoms with Crippen molar-refractivity contribution in [1.82, 2.24) is 5.32 Å². The Bertz CT molecular complexity index is 441. The highest BCUT2D eigenvalue weighted by molar-refractivity contribution is 6.34. The van der Waals surface area contributed by atoms with Crippen LogP contribution in [0.25, 0.3) is 0 Å². The van der Waals surface area contributed by atoms with Crippen LogP contribution in [0.15, 0.2) is 18.2 Å². The number of carbonyl (C=O) groups is 1. The van der Waals surface area contributed by atoms with E-state index in [-0.39, 0.29) is 11.3 Å². The van der Waals surface area contributed by atoms with E-state index in [2.05, 4.69) is 33.0 Å². The number of nitrogens with one attached hydrogen (secondary N) is 1. The summed E-state index contributed by atoms with van der Waals surface area (Å²) in [5.74, 6) is 0.327. The van der Waals surface area contributed by atoms with Crippen LogP contribution in [0, 0.1) is 11.3 Å². The van der Waals surface area contributed by atoms with Gasteiger partial charge < -0.3 is 11.1 Å². The van der Waals surface area contributed by atoms with Crippen LogP contribution in [-0.4, -0.2) is 12.5 Å². The smallest absolute Gasteiger partial charge is 0.252 e. The van der Waals surface area contributed by atoms with Crippen molar-refractivity contribution in [2.45, 2.75) is 27.7 Å². The fraction of sp³-hybridized carbons (Fsp3) is 0.500. The number of anilines is 1. The highest BCUT2D eigenvalue weighted by atomic mass is 35.5. The van der Waals surface area contributed by atoms with Gasteiger partial charge in [0.1, 0.15) is 0 Å². The van der Waals surface area contributed by atoms with Gasteiger partial charge in [-0.2, -0.15) is 0 Å². The number of rotatable bonds is 4. The van der Waals surface area contributed by atoms with Crippen molar-refractivity contribution in [2.75, 3.05) is 12.3 Å². The molecular weight excluding hydrogens is 248 g/mol. The minimum absolute atomic E-state index is 0.0515. The highest BCUT2D eigenvalue weighted by Gasteiger charge is 2.23. The van der Waals surface area contributed by atoms with E-state index in [0.29, 0.717) is 28.7 Å². The average molecular weight is 269 g/mol. The topological polar surface area (TPSA) is 55.1 Å². The van der Waals surface area contributed by atoms with E-state index in [1.165, 1.54) is 0 Å². The average Bonchev–Trinajstić information content (AvgIpc) is 2.25. The third kappa shape index (κ3) is 3.64.